The Balaban J connectivity index is 1.16. The van der Waals surface area contributed by atoms with Gasteiger partial charge in [-0.3, -0.25) is 9.59 Å². The minimum Gasteiger partial charge on any atom is -0.497 e. The Morgan fingerprint density at radius 3 is 2.91 bits per heavy atom. The molecule has 1 atom stereocenters. The van der Waals surface area contributed by atoms with Crippen LogP contribution in [0.3, 0.4) is 0 Å². The number of carbonyl (C=O) groups excluding carboxylic acids is 2. The van der Waals surface area contributed by atoms with Gasteiger partial charge in [0.15, 0.2) is 0 Å². The Morgan fingerprint density at radius 1 is 1.24 bits per heavy atom. The smallest absolute Gasteiger partial charge is 0.231 e. The van der Waals surface area contributed by atoms with Gasteiger partial charge < -0.3 is 19.9 Å². The van der Waals surface area contributed by atoms with Crippen LogP contribution < -0.4 is 10.1 Å². The van der Waals surface area contributed by atoms with E-state index in [4.69, 9.17) is 4.74 Å². The number of aromatic nitrogens is 3. The predicted molar refractivity (Wildman–Crippen MR) is 131 cm³/mol. The third kappa shape index (κ3) is 4.79. The first-order valence-corrected chi connectivity index (χ1v) is 12.0. The van der Waals surface area contributed by atoms with E-state index in [0.29, 0.717) is 31.1 Å². The Labute approximate surface area is 201 Å². The molecule has 1 fully saturated rings. The predicted octanol–water partition coefficient (Wildman–Crippen LogP) is 3.65. The second-order valence-corrected chi connectivity index (χ2v) is 9.43. The fourth-order valence-electron chi connectivity index (χ4n) is 4.26. The van der Waals surface area contributed by atoms with Crippen LogP contribution in [0.5, 0.6) is 5.75 Å². The molecule has 0 unspecified atom stereocenters. The van der Waals surface area contributed by atoms with Gasteiger partial charge in [0.25, 0.3) is 0 Å². The van der Waals surface area contributed by atoms with E-state index < -0.39 is 5.92 Å². The van der Waals surface area contributed by atoms with E-state index in [0.717, 1.165) is 32.8 Å². The molecule has 2 amide bonds. The number of likely N-dealkylation sites (tertiary alicyclic amines) is 1. The van der Waals surface area contributed by atoms with Crippen LogP contribution in [0.1, 0.15) is 22.6 Å². The molecule has 34 heavy (non-hydrogen) atoms. The molecule has 3 heterocycles. The average molecular weight is 476 g/mol. The molecule has 0 saturated carbocycles. The Bertz CT molecular complexity index is 1320. The Morgan fingerprint density at radius 2 is 2.09 bits per heavy atom. The Hall–Kier alpha value is -3.72. The molecule has 9 heteroatoms. The van der Waals surface area contributed by atoms with Gasteiger partial charge in [-0.1, -0.05) is 41.7 Å². The van der Waals surface area contributed by atoms with Crippen LogP contribution in [0, 0.1) is 5.92 Å². The lowest BCUT2D eigenvalue weighted by Crippen LogP contribution is -2.30. The first-order valence-electron chi connectivity index (χ1n) is 11.2. The van der Waals surface area contributed by atoms with Crippen molar-refractivity contribution in [1.82, 2.24) is 20.1 Å². The summed E-state index contributed by atoms with van der Waals surface area (Å²) in [5.74, 6) is 0.220. The maximum Gasteiger partial charge on any atom is 0.231 e. The summed E-state index contributed by atoms with van der Waals surface area (Å²) in [4.78, 5) is 30.4. The highest BCUT2D eigenvalue weighted by Crippen LogP contribution is 2.26. The molecule has 1 aliphatic rings. The molecule has 174 valence electrons. The molecule has 0 bridgehead atoms. The van der Waals surface area contributed by atoms with E-state index in [1.54, 1.807) is 12.0 Å². The lowest BCUT2D eigenvalue weighted by molar-refractivity contribution is -0.128. The number of aromatic amines is 1. The normalized spacial score (nSPS) is 15.7. The summed E-state index contributed by atoms with van der Waals surface area (Å²) < 4.78 is 5.33. The van der Waals surface area contributed by atoms with Crippen LogP contribution >= 0.6 is 11.3 Å². The summed E-state index contributed by atoms with van der Waals surface area (Å²) in [5.41, 5.74) is 3.29. The lowest BCUT2D eigenvalue weighted by atomic mass is 10.1. The number of rotatable bonds is 8. The second-order valence-electron chi connectivity index (χ2n) is 8.37. The van der Waals surface area contributed by atoms with Gasteiger partial charge in [0.1, 0.15) is 10.8 Å². The Kier molecular flexibility index (Phi) is 6.27. The summed E-state index contributed by atoms with van der Waals surface area (Å²) >= 11 is 1.36. The minimum atomic E-state index is -0.392. The molecular formula is C25H25N5O3S. The van der Waals surface area contributed by atoms with E-state index in [9.17, 15) is 9.59 Å². The molecule has 2 aromatic heterocycles. The number of nitrogens with one attached hydrogen (secondary N) is 2. The van der Waals surface area contributed by atoms with Crippen LogP contribution in [0.25, 0.3) is 10.9 Å². The monoisotopic (exact) mass is 475 g/mol. The van der Waals surface area contributed by atoms with E-state index in [1.807, 2.05) is 54.7 Å². The van der Waals surface area contributed by atoms with Crippen molar-refractivity contribution in [2.75, 3.05) is 25.5 Å². The quantitative estimate of drug-likeness (QED) is 0.405. The van der Waals surface area contributed by atoms with Gasteiger partial charge in [-0.25, -0.2) is 0 Å². The zero-order valence-corrected chi connectivity index (χ0v) is 19.6. The summed E-state index contributed by atoms with van der Waals surface area (Å²) in [6, 6.07) is 15.9. The fourth-order valence-corrected chi connectivity index (χ4v) is 5.04. The van der Waals surface area contributed by atoms with Gasteiger partial charge >= 0.3 is 0 Å². The van der Waals surface area contributed by atoms with E-state index in [-0.39, 0.29) is 18.2 Å². The number of H-pyrrole nitrogens is 1. The zero-order valence-electron chi connectivity index (χ0n) is 18.8. The first-order chi connectivity index (χ1) is 16.6. The summed E-state index contributed by atoms with van der Waals surface area (Å²) in [5, 5.41) is 13.5. The topological polar surface area (TPSA) is 100 Å². The number of carbonyl (C=O) groups is 2. The lowest BCUT2D eigenvalue weighted by Gasteiger charge is -2.16. The second kappa shape index (κ2) is 9.64. The van der Waals surface area contributed by atoms with Gasteiger partial charge in [0.2, 0.25) is 16.9 Å². The molecule has 8 nitrogen and oxygen atoms in total. The van der Waals surface area contributed by atoms with Crippen molar-refractivity contribution in [1.29, 1.82) is 0 Å². The maximum absolute atomic E-state index is 12.8. The van der Waals surface area contributed by atoms with Crippen molar-refractivity contribution in [2.45, 2.75) is 19.3 Å². The van der Waals surface area contributed by atoms with Crippen molar-refractivity contribution in [2.24, 2.45) is 5.92 Å². The molecule has 0 spiro atoms. The SMILES string of the molecule is COc1ccc2[nH]cc(CCN3C[C@H](C(=O)Nc4nnc(Cc5ccccc5)s4)CC3=O)c2c1. The summed E-state index contributed by atoms with van der Waals surface area (Å²) in [6.07, 6.45) is 3.55. The van der Waals surface area contributed by atoms with Crippen LogP contribution in [0.4, 0.5) is 5.13 Å². The van der Waals surface area contributed by atoms with Crippen molar-refractivity contribution >= 4 is 39.2 Å². The largest absolute Gasteiger partial charge is 0.497 e. The van der Waals surface area contributed by atoms with Crippen molar-refractivity contribution in [3.63, 3.8) is 0 Å². The average Bonchev–Trinajstić information content (AvgIpc) is 3.56. The number of benzene rings is 2. The molecule has 2 aromatic carbocycles. The molecule has 0 aliphatic carbocycles. The molecule has 1 saturated heterocycles. The van der Waals surface area contributed by atoms with Crippen LogP contribution in [0.2, 0.25) is 0 Å². The minimum absolute atomic E-state index is 0.000368. The maximum atomic E-state index is 12.8. The highest BCUT2D eigenvalue weighted by molar-refractivity contribution is 7.15. The van der Waals surface area contributed by atoms with Gasteiger partial charge in [0.05, 0.1) is 13.0 Å². The first kappa shape index (κ1) is 22.1. The summed E-state index contributed by atoms with van der Waals surface area (Å²) in [7, 11) is 1.65. The third-order valence-corrected chi connectivity index (χ3v) is 6.94. The molecule has 2 N–H and O–H groups in total. The number of amides is 2. The number of ether oxygens (including phenoxy) is 1. The number of anilines is 1. The highest BCUT2D eigenvalue weighted by Gasteiger charge is 2.34. The van der Waals surface area contributed by atoms with E-state index >= 15 is 0 Å². The van der Waals surface area contributed by atoms with Gasteiger partial charge in [0, 0.05) is 43.0 Å². The third-order valence-electron chi connectivity index (χ3n) is 6.11. The van der Waals surface area contributed by atoms with Crippen LogP contribution in [0.15, 0.2) is 54.7 Å². The van der Waals surface area contributed by atoms with Crippen LogP contribution in [-0.4, -0.2) is 52.1 Å². The van der Waals surface area contributed by atoms with Crippen molar-refractivity contribution in [3.8, 4) is 5.75 Å². The molecule has 1 aliphatic heterocycles. The van der Waals surface area contributed by atoms with E-state index in [2.05, 4.69) is 20.5 Å². The number of hydrogen-bond acceptors (Lipinski definition) is 6. The molecule has 5 rings (SSSR count). The molecule has 0 radical (unpaired) electrons. The van der Waals surface area contributed by atoms with Crippen molar-refractivity contribution in [3.05, 3.63) is 70.9 Å². The van der Waals surface area contributed by atoms with E-state index in [1.165, 1.54) is 11.3 Å². The number of nitrogens with zero attached hydrogens (tertiary/aromatic N) is 3. The van der Waals surface area contributed by atoms with Gasteiger partial charge in [-0.05, 0) is 35.7 Å². The standard InChI is InChI=1S/C25H25N5O3S/c1-33-19-7-8-21-20(13-19)17(14-26-21)9-10-30-15-18(12-23(30)31)24(32)27-25-29-28-22(34-25)11-16-5-3-2-4-6-16/h2-8,13-14,18,26H,9-12,15H2,1H3,(H,27,29,32)/t18-/m1/s1. The highest BCUT2D eigenvalue weighted by atomic mass is 32.1. The fraction of sp³-hybridized carbons (Fsp3) is 0.280. The number of methoxy groups -OCH3 is 1. The zero-order chi connectivity index (χ0) is 23.5. The van der Waals surface area contributed by atoms with Gasteiger partial charge in [-0.15, -0.1) is 10.2 Å². The molecular weight excluding hydrogens is 450 g/mol. The van der Waals surface area contributed by atoms with Gasteiger partial charge in [-0.2, -0.15) is 0 Å². The summed E-state index contributed by atoms with van der Waals surface area (Å²) in [6.45, 7) is 0.971. The van der Waals surface area contributed by atoms with Crippen molar-refractivity contribution < 1.29 is 14.3 Å². The molecule has 4 aromatic rings. The number of fused-ring (bicyclic) bond motifs is 1. The van der Waals surface area contributed by atoms with Crippen LogP contribution in [-0.2, 0) is 22.4 Å². The number of hydrogen-bond donors (Lipinski definition) is 2.